The molecule has 0 atom stereocenters. The Morgan fingerprint density at radius 1 is 1.15 bits per heavy atom. The van der Waals surface area contributed by atoms with Gasteiger partial charge in [-0.15, -0.1) is 0 Å². The van der Waals surface area contributed by atoms with Crippen molar-refractivity contribution < 1.29 is 0 Å². The Morgan fingerprint density at radius 2 is 1.95 bits per heavy atom. The number of hydrogen-bond acceptors (Lipinski definition) is 2. The molecule has 0 fully saturated rings. The molecule has 0 unspecified atom stereocenters. The van der Waals surface area contributed by atoms with Crippen molar-refractivity contribution in [3.8, 4) is 11.4 Å². The first-order valence-electron chi connectivity index (χ1n) is 6.84. The minimum Gasteiger partial charge on any atom is -0.327 e. The number of aryl methyl sites for hydroxylation is 2. The predicted molar refractivity (Wildman–Crippen MR) is 83.5 cm³/mol. The Balaban J connectivity index is 2.27. The maximum Gasteiger partial charge on any atom is 0.141 e. The predicted octanol–water partition coefficient (Wildman–Crippen LogP) is 3.32. The van der Waals surface area contributed by atoms with E-state index in [1.54, 1.807) is 0 Å². The van der Waals surface area contributed by atoms with Gasteiger partial charge in [-0.25, -0.2) is 4.98 Å². The summed E-state index contributed by atoms with van der Waals surface area (Å²) in [5.41, 5.74) is 12.8. The molecule has 0 bridgehead atoms. The molecule has 3 rings (SSSR count). The summed E-state index contributed by atoms with van der Waals surface area (Å²) >= 11 is 0. The van der Waals surface area contributed by atoms with E-state index in [4.69, 9.17) is 10.7 Å². The van der Waals surface area contributed by atoms with Crippen LogP contribution >= 0.6 is 0 Å². The van der Waals surface area contributed by atoms with Crippen LogP contribution in [0.4, 0.5) is 0 Å². The lowest BCUT2D eigenvalue weighted by Gasteiger charge is -2.08. The molecule has 0 saturated heterocycles. The lowest BCUT2D eigenvalue weighted by atomic mass is 10.0. The van der Waals surface area contributed by atoms with Gasteiger partial charge in [0.1, 0.15) is 5.82 Å². The summed E-state index contributed by atoms with van der Waals surface area (Å²) in [6, 6.07) is 12.6. The highest BCUT2D eigenvalue weighted by atomic mass is 15.1. The number of fused-ring (bicyclic) bond motifs is 1. The van der Waals surface area contributed by atoms with Gasteiger partial charge in [-0.3, -0.25) is 0 Å². The van der Waals surface area contributed by atoms with Gasteiger partial charge in [0.25, 0.3) is 0 Å². The van der Waals surface area contributed by atoms with Gasteiger partial charge in [0.05, 0.1) is 11.0 Å². The number of rotatable bonds is 2. The van der Waals surface area contributed by atoms with Crippen LogP contribution in [0, 0.1) is 13.8 Å². The standard InChI is InChI=1S/C17H19N3/c1-11-5-4-6-14(12(11)2)17-19-15-8-7-13(10-18)9-16(15)20(17)3/h4-9H,10,18H2,1-3H3. The topological polar surface area (TPSA) is 43.8 Å². The van der Waals surface area contributed by atoms with E-state index in [0.717, 1.165) is 22.4 Å². The molecule has 3 aromatic rings. The largest absolute Gasteiger partial charge is 0.327 e. The van der Waals surface area contributed by atoms with Gasteiger partial charge in [0, 0.05) is 19.2 Å². The number of nitrogens with zero attached hydrogens (tertiary/aromatic N) is 2. The third-order valence-electron chi connectivity index (χ3n) is 4.03. The SMILES string of the molecule is Cc1cccc(-c2nc3ccc(CN)cc3n2C)c1C. The summed E-state index contributed by atoms with van der Waals surface area (Å²) in [5, 5.41) is 0. The molecule has 0 aliphatic heterocycles. The Morgan fingerprint density at radius 3 is 2.70 bits per heavy atom. The molecule has 0 spiro atoms. The van der Waals surface area contributed by atoms with Crippen LogP contribution in [0.3, 0.4) is 0 Å². The van der Waals surface area contributed by atoms with Gasteiger partial charge >= 0.3 is 0 Å². The van der Waals surface area contributed by atoms with Crippen LogP contribution in [0.2, 0.25) is 0 Å². The fourth-order valence-corrected chi connectivity index (χ4v) is 2.60. The molecule has 0 saturated carbocycles. The van der Waals surface area contributed by atoms with E-state index < -0.39 is 0 Å². The second kappa shape index (κ2) is 4.76. The third-order valence-corrected chi connectivity index (χ3v) is 4.03. The molecule has 3 heteroatoms. The lowest BCUT2D eigenvalue weighted by molar-refractivity contribution is 0.954. The van der Waals surface area contributed by atoms with Crippen LogP contribution < -0.4 is 5.73 Å². The smallest absolute Gasteiger partial charge is 0.141 e. The van der Waals surface area contributed by atoms with Crippen molar-refractivity contribution in [1.29, 1.82) is 0 Å². The fourth-order valence-electron chi connectivity index (χ4n) is 2.60. The van der Waals surface area contributed by atoms with Crippen molar-refractivity contribution in [2.45, 2.75) is 20.4 Å². The number of nitrogens with two attached hydrogens (primary N) is 1. The maximum absolute atomic E-state index is 5.72. The summed E-state index contributed by atoms with van der Waals surface area (Å²) in [5.74, 6) is 1.01. The monoisotopic (exact) mass is 265 g/mol. The molecule has 3 nitrogen and oxygen atoms in total. The van der Waals surface area contributed by atoms with Crippen molar-refractivity contribution in [2.24, 2.45) is 12.8 Å². The average molecular weight is 265 g/mol. The molecular formula is C17H19N3. The Labute approximate surface area is 119 Å². The van der Waals surface area contributed by atoms with Crippen molar-refractivity contribution >= 4 is 11.0 Å². The lowest BCUT2D eigenvalue weighted by Crippen LogP contribution is -1.97. The van der Waals surface area contributed by atoms with Crippen LogP contribution in [0.1, 0.15) is 16.7 Å². The molecule has 0 amide bonds. The molecule has 0 aliphatic rings. The first-order chi connectivity index (χ1) is 9.61. The zero-order valence-corrected chi connectivity index (χ0v) is 12.1. The third kappa shape index (κ3) is 1.91. The first-order valence-corrected chi connectivity index (χ1v) is 6.84. The average Bonchev–Trinajstić information content (AvgIpc) is 2.78. The van der Waals surface area contributed by atoms with Gasteiger partial charge in [-0.2, -0.15) is 0 Å². The summed E-state index contributed by atoms with van der Waals surface area (Å²) in [4.78, 5) is 4.78. The van der Waals surface area contributed by atoms with E-state index in [1.807, 2.05) is 12.1 Å². The van der Waals surface area contributed by atoms with E-state index in [0.29, 0.717) is 6.54 Å². The molecular weight excluding hydrogens is 246 g/mol. The number of benzene rings is 2. The van der Waals surface area contributed by atoms with E-state index in [2.05, 4.69) is 49.7 Å². The van der Waals surface area contributed by atoms with Crippen molar-refractivity contribution in [3.63, 3.8) is 0 Å². The normalized spacial score (nSPS) is 11.2. The van der Waals surface area contributed by atoms with Crippen molar-refractivity contribution in [3.05, 3.63) is 53.1 Å². The minimum absolute atomic E-state index is 0.555. The highest BCUT2D eigenvalue weighted by molar-refractivity contribution is 5.82. The Hall–Kier alpha value is -2.13. The molecule has 2 aromatic carbocycles. The molecule has 20 heavy (non-hydrogen) atoms. The highest BCUT2D eigenvalue weighted by Crippen LogP contribution is 2.28. The van der Waals surface area contributed by atoms with Crippen LogP contribution in [0.15, 0.2) is 36.4 Å². The highest BCUT2D eigenvalue weighted by Gasteiger charge is 2.12. The number of hydrogen-bond donors (Lipinski definition) is 1. The summed E-state index contributed by atoms with van der Waals surface area (Å²) in [6.45, 7) is 4.84. The van der Waals surface area contributed by atoms with Crippen LogP contribution in [-0.4, -0.2) is 9.55 Å². The molecule has 2 N–H and O–H groups in total. The molecule has 1 aromatic heterocycles. The van der Waals surface area contributed by atoms with Crippen LogP contribution in [0.25, 0.3) is 22.4 Å². The van der Waals surface area contributed by atoms with E-state index >= 15 is 0 Å². The van der Waals surface area contributed by atoms with Crippen LogP contribution in [-0.2, 0) is 13.6 Å². The van der Waals surface area contributed by atoms with E-state index in [-0.39, 0.29) is 0 Å². The summed E-state index contributed by atoms with van der Waals surface area (Å²) in [7, 11) is 2.06. The Bertz CT molecular complexity index is 784. The number of imidazole rings is 1. The zero-order chi connectivity index (χ0) is 14.3. The zero-order valence-electron chi connectivity index (χ0n) is 12.1. The maximum atomic E-state index is 5.72. The van der Waals surface area contributed by atoms with E-state index in [1.165, 1.54) is 16.7 Å². The molecule has 102 valence electrons. The molecule has 0 radical (unpaired) electrons. The summed E-state index contributed by atoms with van der Waals surface area (Å²) < 4.78 is 2.15. The molecule has 0 aliphatic carbocycles. The quantitative estimate of drug-likeness (QED) is 0.772. The van der Waals surface area contributed by atoms with Crippen molar-refractivity contribution in [2.75, 3.05) is 0 Å². The van der Waals surface area contributed by atoms with E-state index in [9.17, 15) is 0 Å². The second-order valence-electron chi connectivity index (χ2n) is 5.27. The Kier molecular flexibility index (Phi) is 3.07. The number of aromatic nitrogens is 2. The second-order valence-corrected chi connectivity index (χ2v) is 5.27. The van der Waals surface area contributed by atoms with Gasteiger partial charge in [0.15, 0.2) is 0 Å². The summed E-state index contributed by atoms with van der Waals surface area (Å²) in [6.07, 6.45) is 0. The van der Waals surface area contributed by atoms with Gasteiger partial charge in [-0.05, 0) is 42.7 Å². The van der Waals surface area contributed by atoms with Gasteiger partial charge in [0.2, 0.25) is 0 Å². The first kappa shape index (κ1) is 12.9. The fraction of sp³-hybridized carbons (Fsp3) is 0.235. The molecule has 1 heterocycles. The van der Waals surface area contributed by atoms with Gasteiger partial charge in [-0.1, -0.05) is 24.3 Å². The van der Waals surface area contributed by atoms with Crippen LogP contribution in [0.5, 0.6) is 0 Å². The minimum atomic E-state index is 0.555. The van der Waals surface area contributed by atoms with Gasteiger partial charge < -0.3 is 10.3 Å². The van der Waals surface area contributed by atoms with Crippen molar-refractivity contribution in [1.82, 2.24) is 9.55 Å².